The van der Waals surface area contributed by atoms with Crippen LogP contribution in [-0.2, 0) is 4.79 Å². The number of benzene rings is 1. The summed E-state index contributed by atoms with van der Waals surface area (Å²) >= 11 is 0. The summed E-state index contributed by atoms with van der Waals surface area (Å²) < 4.78 is 0. The van der Waals surface area contributed by atoms with Crippen LogP contribution in [0.2, 0.25) is 0 Å². The molecule has 1 aromatic carbocycles. The van der Waals surface area contributed by atoms with Crippen molar-refractivity contribution in [2.24, 2.45) is 5.73 Å². The fraction of sp³-hybridized carbons (Fsp3) is 0.533. The highest BCUT2D eigenvalue weighted by molar-refractivity contribution is 5.76. The molecule has 1 unspecified atom stereocenters. The van der Waals surface area contributed by atoms with E-state index in [1.807, 2.05) is 37.3 Å². The van der Waals surface area contributed by atoms with Crippen molar-refractivity contribution in [1.29, 1.82) is 0 Å². The lowest BCUT2D eigenvalue weighted by Crippen LogP contribution is -2.28. The molecule has 18 heavy (non-hydrogen) atoms. The number of carbonyl (C=O) groups excluding carboxylic acids is 1. The van der Waals surface area contributed by atoms with Gasteiger partial charge in [-0.2, -0.15) is 0 Å². The number of hydrogen-bond donors (Lipinski definition) is 2. The van der Waals surface area contributed by atoms with Crippen molar-refractivity contribution in [3.05, 3.63) is 35.9 Å². The first-order chi connectivity index (χ1) is 8.65. The molecule has 3 heteroatoms. The van der Waals surface area contributed by atoms with E-state index in [0.717, 1.165) is 5.56 Å². The largest absolute Gasteiger partial charge is 0.350 e. The topological polar surface area (TPSA) is 55.1 Å². The van der Waals surface area contributed by atoms with Gasteiger partial charge in [0.15, 0.2) is 0 Å². The number of nitrogens with one attached hydrogen (secondary N) is 1. The molecule has 3 nitrogen and oxygen atoms in total. The molecule has 3 N–H and O–H groups in total. The second-order valence-electron chi connectivity index (χ2n) is 4.24. The van der Waals surface area contributed by atoms with E-state index in [2.05, 4.69) is 19.2 Å². The molecule has 0 saturated heterocycles. The predicted molar refractivity (Wildman–Crippen MR) is 77.3 cm³/mol. The maximum absolute atomic E-state index is 11.2. The average Bonchev–Trinajstić information content (AvgIpc) is 2.40. The molecule has 0 spiro atoms. The van der Waals surface area contributed by atoms with E-state index in [1.165, 1.54) is 12.8 Å². The molecule has 0 aliphatic carbocycles. The summed E-state index contributed by atoms with van der Waals surface area (Å²) in [5, 5.41) is 2.88. The SMILES string of the molecule is CC(NC(=O)CCN)c1ccccc1.CCCC. The van der Waals surface area contributed by atoms with Crippen molar-refractivity contribution in [1.82, 2.24) is 5.32 Å². The van der Waals surface area contributed by atoms with Gasteiger partial charge in [-0.3, -0.25) is 4.79 Å². The Morgan fingerprint density at radius 2 is 1.78 bits per heavy atom. The number of hydrogen-bond acceptors (Lipinski definition) is 2. The molecule has 0 aliphatic rings. The quantitative estimate of drug-likeness (QED) is 0.844. The predicted octanol–water partition coefficient (Wildman–Crippen LogP) is 3.02. The van der Waals surface area contributed by atoms with E-state index in [9.17, 15) is 4.79 Å². The Balaban J connectivity index is 0.000000631. The minimum absolute atomic E-state index is 0.00357. The van der Waals surface area contributed by atoms with Crippen LogP contribution >= 0.6 is 0 Å². The summed E-state index contributed by atoms with van der Waals surface area (Å²) in [5.41, 5.74) is 6.39. The number of amides is 1. The number of carbonyl (C=O) groups is 1. The monoisotopic (exact) mass is 250 g/mol. The maximum Gasteiger partial charge on any atom is 0.221 e. The van der Waals surface area contributed by atoms with Crippen LogP contribution in [0.4, 0.5) is 0 Å². The highest BCUT2D eigenvalue weighted by atomic mass is 16.1. The second-order valence-corrected chi connectivity index (χ2v) is 4.24. The summed E-state index contributed by atoms with van der Waals surface area (Å²) in [5.74, 6) is 0.00357. The lowest BCUT2D eigenvalue weighted by atomic mass is 10.1. The minimum atomic E-state index is 0.00357. The lowest BCUT2D eigenvalue weighted by Gasteiger charge is -2.13. The molecule has 0 heterocycles. The third-order valence-corrected chi connectivity index (χ3v) is 2.55. The average molecular weight is 250 g/mol. The summed E-state index contributed by atoms with van der Waals surface area (Å²) in [6, 6.07) is 9.91. The van der Waals surface area contributed by atoms with Crippen molar-refractivity contribution in [2.75, 3.05) is 6.54 Å². The Bertz CT molecular complexity index is 310. The van der Waals surface area contributed by atoms with Crippen LogP contribution in [0, 0.1) is 0 Å². The normalized spacial score (nSPS) is 11.1. The van der Waals surface area contributed by atoms with Gasteiger partial charge in [0.05, 0.1) is 6.04 Å². The van der Waals surface area contributed by atoms with Gasteiger partial charge in [0, 0.05) is 13.0 Å². The van der Waals surface area contributed by atoms with E-state index in [0.29, 0.717) is 13.0 Å². The van der Waals surface area contributed by atoms with Crippen LogP contribution in [0.25, 0.3) is 0 Å². The van der Waals surface area contributed by atoms with Crippen molar-refractivity contribution in [3.8, 4) is 0 Å². The van der Waals surface area contributed by atoms with Gasteiger partial charge in [-0.25, -0.2) is 0 Å². The van der Waals surface area contributed by atoms with Crippen LogP contribution in [0.5, 0.6) is 0 Å². The fourth-order valence-corrected chi connectivity index (χ4v) is 1.27. The second kappa shape index (κ2) is 10.8. The van der Waals surface area contributed by atoms with Crippen molar-refractivity contribution in [3.63, 3.8) is 0 Å². The first-order valence-electron chi connectivity index (χ1n) is 6.70. The van der Waals surface area contributed by atoms with Gasteiger partial charge in [-0.05, 0) is 12.5 Å². The van der Waals surface area contributed by atoms with Gasteiger partial charge < -0.3 is 11.1 Å². The van der Waals surface area contributed by atoms with E-state index >= 15 is 0 Å². The van der Waals surface area contributed by atoms with E-state index in [-0.39, 0.29) is 11.9 Å². The van der Waals surface area contributed by atoms with E-state index in [1.54, 1.807) is 0 Å². The third-order valence-electron chi connectivity index (χ3n) is 2.55. The molecule has 1 rings (SSSR count). The molecule has 0 aromatic heterocycles. The Labute approximate surface area is 111 Å². The highest BCUT2D eigenvalue weighted by Crippen LogP contribution is 2.10. The molecular formula is C15H26N2O. The van der Waals surface area contributed by atoms with Gasteiger partial charge in [-0.15, -0.1) is 0 Å². The molecule has 102 valence electrons. The standard InChI is InChI=1S/C11H16N2O.C4H10/c1-9(13-11(14)7-8-12)10-5-3-2-4-6-10;1-3-4-2/h2-6,9H,7-8,12H2,1H3,(H,13,14);3-4H2,1-2H3. The maximum atomic E-state index is 11.2. The summed E-state index contributed by atoms with van der Waals surface area (Å²) in [4.78, 5) is 11.2. The van der Waals surface area contributed by atoms with Crippen LogP contribution in [0.1, 0.15) is 51.6 Å². The molecule has 0 fully saturated rings. The summed E-state index contributed by atoms with van der Waals surface area (Å²) in [7, 11) is 0. The fourth-order valence-electron chi connectivity index (χ4n) is 1.27. The van der Waals surface area contributed by atoms with Crippen LogP contribution < -0.4 is 11.1 Å². The zero-order valence-corrected chi connectivity index (χ0v) is 11.8. The molecule has 0 radical (unpaired) electrons. The van der Waals surface area contributed by atoms with Gasteiger partial charge >= 0.3 is 0 Å². The first-order valence-corrected chi connectivity index (χ1v) is 6.70. The number of unbranched alkanes of at least 4 members (excludes halogenated alkanes) is 1. The van der Waals surface area contributed by atoms with Gasteiger partial charge in [-0.1, -0.05) is 57.0 Å². The summed E-state index contributed by atoms with van der Waals surface area (Å²) in [6.45, 7) is 6.72. The Morgan fingerprint density at radius 3 is 2.22 bits per heavy atom. The zero-order chi connectivity index (χ0) is 13.8. The molecule has 1 amide bonds. The molecule has 0 bridgehead atoms. The molecule has 1 aromatic rings. The van der Waals surface area contributed by atoms with Crippen molar-refractivity contribution in [2.45, 2.75) is 46.1 Å². The Morgan fingerprint density at radius 1 is 1.22 bits per heavy atom. The Hall–Kier alpha value is -1.35. The van der Waals surface area contributed by atoms with Crippen LogP contribution in [-0.4, -0.2) is 12.5 Å². The molecule has 1 atom stereocenters. The Kier molecular flexibility index (Phi) is 9.97. The van der Waals surface area contributed by atoms with Crippen LogP contribution in [0.3, 0.4) is 0 Å². The first kappa shape index (κ1) is 16.6. The van der Waals surface area contributed by atoms with Gasteiger partial charge in [0.2, 0.25) is 5.91 Å². The van der Waals surface area contributed by atoms with Gasteiger partial charge in [0.25, 0.3) is 0 Å². The molecule has 0 saturated carbocycles. The minimum Gasteiger partial charge on any atom is -0.350 e. The lowest BCUT2D eigenvalue weighted by molar-refractivity contribution is -0.121. The van der Waals surface area contributed by atoms with Crippen LogP contribution in [0.15, 0.2) is 30.3 Å². The smallest absolute Gasteiger partial charge is 0.221 e. The number of rotatable bonds is 5. The van der Waals surface area contributed by atoms with Gasteiger partial charge in [0.1, 0.15) is 0 Å². The van der Waals surface area contributed by atoms with E-state index in [4.69, 9.17) is 5.73 Å². The molecular weight excluding hydrogens is 224 g/mol. The third kappa shape index (κ3) is 7.85. The van der Waals surface area contributed by atoms with Crippen molar-refractivity contribution >= 4 is 5.91 Å². The molecule has 0 aliphatic heterocycles. The summed E-state index contributed by atoms with van der Waals surface area (Å²) in [6.07, 6.45) is 3.02. The van der Waals surface area contributed by atoms with Crippen molar-refractivity contribution < 1.29 is 4.79 Å². The highest BCUT2D eigenvalue weighted by Gasteiger charge is 2.07. The number of nitrogens with two attached hydrogens (primary N) is 1. The zero-order valence-electron chi connectivity index (χ0n) is 11.8. The van der Waals surface area contributed by atoms with E-state index < -0.39 is 0 Å².